The van der Waals surface area contributed by atoms with Crippen LogP contribution in [0.5, 0.6) is 0 Å². The molecule has 0 radical (unpaired) electrons. The number of carbonyl (C=O) groups is 1. The fourth-order valence-electron chi connectivity index (χ4n) is 0.883. The molecule has 0 heterocycles. The zero-order valence-electron chi connectivity index (χ0n) is 8.84. The van der Waals surface area contributed by atoms with Crippen LogP contribution in [0.4, 0.5) is 4.79 Å². The van der Waals surface area contributed by atoms with Crippen LogP contribution < -0.4 is 5.32 Å². The van der Waals surface area contributed by atoms with Crippen molar-refractivity contribution in [3.63, 3.8) is 0 Å². The third-order valence-corrected chi connectivity index (χ3v) is 1.86. The lowest BCUT2D eigenvalue weighted by molar-refractivity contribution is -0.0999. The number of amides is 2. The van der Waals surface area contributed by atoms with Crippen molar-refractivity contribution in [3.8, 4) is 0 Å². The first-order valence-electron chi connectivity index (χ1n) is 4.70. The zero-order valence-corrected chi connectivity index (χ0v) is 8.84. The topological polar surface area (TPSA) is 163 Å². The van der Waals surface area contributed by atoms with Crippen LogP contribution in [0.2, 0.25) is 0 Å². The van der Waals surface area contributed by atoms with Crippen molar-refractivity contribution < 1.29 is 35.4 Å². The molecule has 0 aliphatic heterocycles. The minimum absolute atomic E-state index is 0.628. The van der Waals surface area contributed by atoms with Gasteiger partial charge in [-0.25, -0.2) is 9.79 Å². The Balaban J connectivity index is 4.30. The van der Waals surface area contributed by atoms with Gasteiger partial charge in [-0.1, -0.05) is 0 Å². The molecule has 2 amide bonds. The first kappa shape index (κ1) is 15.9. The van der Waals surface area contributed by atoms with Crippen molar-refractivity contribution in [2.45, 2.75) is 24.4 Å². The Kier molecular flexibility index (Phi) is 7.54. The maximum atomic E-state index is 10.7. The molecule has 0 aromatic heterocycles. The fraction of sp³-hybridized carbons (Fsp3) is 0.750. The first-order valence-corrected chi connectivity index (χ1v) is 4.70. The number of aliphatic hydroxyl groups is 6. The molecule has 0 saturated heterocycles. The van der Waals surface area contributed by atoms with Gasteiger partial charge in [0, 0.05) is 6.21 Å². The second kappa shape index (κ2) is 8.06. The molecule has 7 N–H and O–H groups in total. The quantitative estimate of drug-likeness (QED) is 0.188. The fourth-order valence-corrected chi connectivity index (χ4v) is 0.883. The number of urea groups is 1. The van der Waals surface area contributed by atoms with Gasteiger partial charge >= 0.3 is 6.03 Å². The molecule has 17 heavy (non-hydrogen) atoms. The summed E-state index contributed by atoms with van der Waals surface area (Å²) in [7, 11) is 0. The van der Waals surface area contributed by atoms with Gasteiger partial charge in [-0.3, -0.25) is 0 Å². The highest BCUT2D eigenvalue weighted by Gasteiger charge is 2.29. The summed E-state index contributed by atoms with van der Waals surface area (Å²) in [5.74, 6) is 0. The molecule has 4 atom stereocenters. The Morgan fingerprint density at radius 3 is 2.24 bits per heavy atom. The lowest BCUT2D eigenvalue weighted by Gasteiger charge is -2.23. The standard InChI is InChI=1S/C8H16N2O7/c11-2-5(14)7(16)6(15)4(13)1-9-8(17)10-3-12/h1,4-7,11-16H,2-3H2,(H,10,17)/t4-,5+,6-,7-/m0/s1. The summed E-state index contributed by atoms with van der Waals surface area (Å²) in [6.45, 7) is -1.44. The third kappa shape index (κ3) is 5.68. The molecule has 0 rings (SSSR count). The summed E-state index contributed by atoms with van der Waals surface area (Å²) in [6.07, 6.45) is -6.32. The van der Waals surface area contributed by atoms with Crippen LogP contribution in [0.25, 0.3) is 0 Å². The van der Waals surface area contributed by atoms with Crippen molar-refractivity contribution in [1.29, 1.82) is 0 Å². The van der Waals surface area contributed by atoms with Crippen molar-refractivity contribution in [3.05, 3.63) is 0 Å². The van der Waals surface area contributed by atoms with E-state index in [4.69, 9.17) is 15.3 Å². The van der Waals surface area contributed by atoms with E-state index in [9.17, 15) is 20.1 Å². The molecular weight excluding hydrogens is 236 g/mol. The van der Waals surface area contributed by atoms with Crippen LogP contribution in [0.3, 0.4) is 0 Å². The number of aliphatic imine (C=N–C) groups is 1. The van der Waals surface area contributed by atoms with E-state index in [1.165, 1.54) is 0 Å². The van der Waals surface area contributed by atoms with E-state index >= 15 is 0 Å². The van der Waals surface area contributed by atoms with Gasteiger partial charge in [-0.05, 0) is 0 Å². The first-order chi connectivity index (χ1) is 7.93. The Labute approximate surface area is 96.7 Å². The second-order valence-corrected chi connectivity index (χ2v) is 3.14. The number of nitrogens with zero attached hydrogens (tertiary/aromatic N) is 1. The van der Waals surface area contributed by atoms with E-state index in [1.54, 1.807) is 0 Å². The molecule has 0 spiro atoms. The van der Waals surface area contributed by atoms with Crippen molar-refractivity contribution >= 4 is 12.2 Å². The summed E-state index contributed by atoms with van der Waals surface area (Å²) >= 11 is 0. The Bertz CT molecular complexity index is 260. The molecule has 0 aromatic rings. The minimum atomic E-state index is -1.82. The maximum absolute atomic E-state index is 10.7. The normalized spacial score (nSPS) is 18.7. The monoisotopic (exact) mass is 252 g/mol. The van der Waals surface area contributed by atoms with Gasteiger partial charge in [0.25, 0.3) is 0 Å². The van der Waals surface area contributed by atoms with Gasteiger partial charge in [0.15, 0.2) is 0 Å². The lowest BCUT2D eigenvalue weighted by atomic mass is 10.0. The minimum Gasteiger partial charge on any atom is -0.394 e. The van der Waals surface area contributed by atoms with E-state index in [0.717, 1.165) is 0 Å². The summed E-state index contributed by atoms with van der Waals surface area (Å²) < 4.78 is 0. The molecule has 0 aliphatic rings. The van der Waals surface area contributed by atoms with E-state index in [1.807, 2.05) is 5.32 Å². The maximum Gasteiger partial charge on any atom is 0.342 e. The van der Waals surface area contributed by atoms with Crippen LogP contribution in [0.1, 0.15) is 0 Å². The zero-order chi connectivity index (χ0) is 13.4. The Morgan fingerprint density at radius 1 is 1.18 bits per heavy atom. The highest BCUT2D eigenvalue weighted by Crippen LogP contribution is 2.03. The molecule has 100 valence electrons. The molecule has 0 saturated carbocycles. The van der Waals surface area contributed by atoms with E-state index < -0.39 is 43.8 Å². The highest BCUT2D eigenvalue weighted by atomic mass is 16.4. The van der Waals surface area contributed by atoms with Crippen LogP contribution in [-0.4, -0.2) is 80.6 Å². The molecule has 9 nitrogen and oxygen atoms in total. The van der Waals surface area contributed by atoms with Crippen molar-refractivity contribution in [1.82, 2.24) is 5.32 Å². The molecule has 0 unspecified atom stereocenters. The Hall–Kier alpha value is -1.10. The molecular formula is C8H16N2O7. The molecule has 9 heteroatoms. The second-order valence-electron chi connectivity index (χ2n) is 3.14. The van der Waals surface area contributed by atoms with E-state index in [2.05, 4.69) is 4.99 Å². The molecule has 0 fully saturated rings. The molecule has 0 bridgehead atoms. The predicted octanol–water partition coefficient (Wildman–Crippen LogP) is -3.85. The summed E-state index contributed by atoms with van der Waals surface area (Å²) in [5.41, 5.74) is 0. The van der Waals surface area contributed by atoms with Gasteiger partial charge in [0.1, 0.15) is 31.1 Å². The average Bonchev–Trinajstić information content (AvgIpc) is 2.33. The SMILES string of the molecule is O=C(N=C[C@H](O)[C@H](O)[C@@H](O)[C@H](O)CO)NCO. The lowest BCUT2D eigenvalue weighted by Crippen LogP contribution is -2.46. The van der Waals surface area contributed by atoms with Crippen molar-refractivity contribution in [2.75, 3.05) is 13.3 Å². The highest BCUT2D eigenvalue weighted by molar-refractivity contribution is 5.84. The van der Waals surface area contributed by atoms with Crippen LogP contribution in [0.15, 0.2) is 4.99 Å². The van der Waals surface area contributed by atoms with E-state index in [0.29, 0.717) is 6.21 Å². The number of hydrogen-bond acceptors (Lipinski definition) is 7. The smallest absolute Gasteiger partial charge is 0.342 e. The largest absolute Gasteiger partial charge is 0.394 e. The third-order valence-electron chi connectivity index (χ3n) is 1.86. The van der Waals surface area contributed by atoms with E-state index in [-0.39, 0.29) is 0 Å². The molecule has 0 aliphatic carbocycles. The Morgan fingerprint density at radius 2 is 1.76 bits per heavy atom. The average molecular weight is 252 g/mol. The van der Waals surface area contributed by atoms with Crippen LogP contribution in [0, 0.1) is 0 Å². The summed E-state index contributed by atoms with van der Waals surface area (Å²) in [5, 5.41) is 55.4. The van der Waals surface area contributed by atoms with Crippen molar-refractivity contribution in [2.24, 2.45) is 4.99 Å². The van der Waals surface area contributed by atoms with Gasteiger partial charge in [0.05, 0.1) is 6.61 Å². The summed E-state index contributed by atoms with van der Waals surface area (Å²) in [4.78, 5) is 13.8. The summed E-state index contributed by atoms with van der Waals surface area (Å²) in [6, 6.07) is -0.948. The van der Waals surface area contributed by atoms with Gasteiger partial charge in [-0.2, -0.15) is 0 Å². The van der Waals surface area contributed by atoms with Gasteiger partial charge in [0.2, 0.25) is 0 Å². The van der Waals surface area contributed by atoms with Crippen LogP contribution >= 0.6 is 0 Å². The predicted molar refractivity (Wildman–Crippen MR) is 55.2 cm³/mol. The number of hydrogen-bond donors (Lipinski definition) is 7. The number of rotatable bonds is 6. The van der Waals surface area contributed by atoms with Crippen LogP contribution in [-0.2, 0) is 0 Å². The molecule has 0 aromatic carbocycles. The number of nitrogens with one attached hydrogen (secondary N) is 1. The number of carbonyl (C=O) groups excluding carboxylic acids is 1. The van der Waals surface area contributed by atoms with Gasteiger partial charge in [-0.15, -0.1) is 0 Å². The van der Waals surface area contributed by atoms with Gasteiger partial charge < -0.3 is 36.0 Å². The number of aliphatic hydroxyl groups excluding tert-OH is 6.